The zero-order chi connectivity index (χ0) is 21.4. The molecule has 2 N–H and O–H groups in total. The number of H-pyrrole nitrogens is 1. The average molecular weight is 422 g/mol. The maximum Gasteiger partial charge on any atom is 0.230 e. The Labute approximate surface area is 183 Å². The lowest BCUT2D eigenvalue weighted by molar-refractivity contribution is -0.137. The highest BCUT2D eigenvalue weighted by Crippen LogP contribution is 2.51. The number of likely N-dealkylation sites (tertiary alicyclic amines) is 1. The van der Waals surface area contributed by atoms with Crippen LogP contribution in [0.5, 0.6) is 0 Å². The molecule has 164 valence electrons. The monoisotopic (exact) mass is 421 g/mol. The summed E-state index contributed by atoms with van der Waals surface area (Å²) in [6.45, 7) is 4.01. The minimum atomic E-state index is -0.633. The van der Waals surface area contributed by atoms with Crippen molar-refractivity contribution in [2.45, 2.75) is 50.7 Å². The molecular weight excluding hydrogens is 390 g/mol. The number of para-hydroxylation sites is 1. The summed E-state index contributed by atoms with van der Waals surface area (Å²) >= 11 is 0. The molecule has 2 saturated heterocycles. The fourth-order valence-electron chi connectivity index (χ4n) is 5.54. The quantitative estimate of drug-likeness (QED) is 0.482. The van der Waals surface area contributed by atoms with Gasteiger partial charge in [-0.15, -0.1) is 0 Å². The van der Waals surface area contributed by atoms with Gasteiger partial charge < -0.3 is 19.9 Å². The Hall–Kier alpha value is -2.60. The molecule has 3 aliphatic rings. The Morgan fingerprint density at radius 3 is 3.03 bits per heavy atom. The number of nitrogens with zero attached hydrogens (tertiary/aromatic N) is 1. The van der Waals surface area contributed by atoms with Crippen LogP contribution in [0.1, 0.15) is 38.2 Å². The number of fused-ring (bicyclic) bond motifs is 2. The number of hydrogen-bond acceptors (Lipinski definition) is 3. The summed E-state index contributed by atoms with van der Waals surface area (Å²) in [7, 11) is 0. The molecule has 4 heterocycles. The van der Waals surface area contributed by atoms with E-state index in [1.807, 2.05) is 35.4 Å². The molecule has 0 radical (unpaired) electrons. The number of aromatic nitrogens is 1. The number of ether oxygens (including phenoxy) is 1. The van der Waals surface area contributed by atoms with Crippen molar-refractivity contribution in [3.63, 3.8) is 0 Å². The lowest BCUT2D eigenvalue weighted by Crippen LogP contribution is -2.44. The van der Waals surface area contributed by atoms with Crippen molar-refractivity contribution >= 4 is 22.7 Å². The first-order valence-electron chi connectivity index (χ1n) is 11.6. The van der Waals surface area contributed by atoms with Gasteiger partial charge >= 0.3 is 0 Å². The third-order valence-corrected chi connectivity index (χ3v) is 7.14. The van der Waals surface area contributed by atoms with Crippen molar-refractivity contribution in [2.24, 2.45) is 11.8 Å². The van der Waals surface area contributed by atoms with Gasteiger partial charge in [0.25, 0.3) is 0 Å². The molecule has 0 saturated carbocycles. The van der Waals surface area contributed by atoms with E-state index in [-0.39, 0.29) is 17.9 Å². The van der Waals surface area contributed by atoms with Crippen LogP contribution in [0.15, 0.2) is 42.6 Å². The second-order valence-corrected chi connectivity index (χ2v) is 9.12. The maximum atomic E-state index is 13.3. The number of carbonyl (C=O) groups excluding carboxylic acids is 2. The predicted molar refractivity (Wildman–Crippen MR) is 119 cm³/mol. The molecule has 5 rings (SSSR count). The van der Waals surface area contributed by atoms with E-state index < -0.39 is 17.4 Å². The number of carbonyl (C=O) groups is 2. The minimum Gasteiger partial charge on any atom is -0.361 e. The topological polar surface area (TPSA) is 74.4 Å². The molecule has 6 heteroatoms. The standard InChI is InChI=1S/C25H31N3O3/c1-2-3-4-7-13-26-23(29)21-20-10-12-25(31-20)16-28(24(30)22(21)25)14-11-17-15-27-19-9-6-5-8-18(17)19/h5-6,8-10,12,15,20-22,27H,2-4,7,11,13-14,16H2,1H3,(H,26,29)/t20?,21?,22?,25-/m1/s1. The summed E-state index contributed by atoms with van der Waals surface area (Å²) in [6.07, 6.45) is 11.0. The summed E-state index contributed by atoms with van der Waals surface area (Å²) in [5, 5.41) is 4.26. The van der Waals surface area contributed by atoms with Crippen LogP contribution in [0.25, 0.3) is 10.9 Å². The van der Waals surface area contributed by atoms with Gasteiger partial charge in [-0.25, -0.2) is 0 Å². The van der Waals surface area contributed by atoms with Crippen LogP contribution in [0.3, 0.4) is 0 Å². The largest absolute Gasteiger partial charge is 0.361 e. The number of hydrogen-bond donors (Lipinski definition) is 2. The first-order chi connectivity index (χ1) is 15.1. The molecule has 3 unspecified atom stereocenters. The molecule has 2 amide bonds. The Kier molecular flexibility index (Phi) is 5.34. The van der Waals surface area contributed by atoms with E-state index in [9.17, 15) is 9.59 Å². The van der Waals surface area contributed by atoms with E-state index in [1.54, 1.807) is 0 Å². The van der Waals surface area contributed by atoms with Crippen molar-refractivity contribution in [2.75, 3.05) is 19.6 Å². The second kappa shape index (κ2) is 8.15. The van der Waals surface area contributed by atoms with E-state index in [0.29, 0.717) is 19.6 Å². The molecule has 31 heavy (non-hydrogen) atoms. The molecule has 2 bridgehead atoms. The van der Waals surface area contributed by atoms with Crippen molar-refractivity contribution in [1.29, 1.82) is 0 Å². The lowest BCUT2D eigenvalue weighted by Gasteiger charge is -2.23. The minimum absolute atomic E-state index is 0.0375. The molecule has 2 fully saturated rings. The molecule has 2 aromatic rings. The molecular formula is C25H31N3O3. The molecule has 3 aliphatic heterocycles. The van der Waals surface area contributed by atoms with Crippen LogP contribution in [0.4, 0.5) is 0 Å². The van der Waals surface area contributed by atoms with Crippen molar-refractivity contribution in [3.8, 4) is 0 Å². The fourth-order valence-corrected chi connectivity index (χ4v) is 5.54. The first kappa shape index (κ1) is 20.3. The molecule has 6 nitrogen and oxygen atoms in total. The van der Waals surface area contributed by atoms with Crippen LogP contribution in [-0.4, -0.2) is 53.0 Å². The Balaban J connectivity index is 1.24. The van der Waals surface area contributed by atoms with Gasteiger partial charge in [0.2, 0.25) is 11.8 Å². The van der Waals surface area contributed by atoms with Gasteiger partial charge in [0.1, 0.15) is 5.60 Å². The predicted octanol–water partition coefficient (Wildman–Crippen LogP) is 3.19. The first-order valence-corrected chi connectivity index (χ1v) is 11.6. The second-order valence-electron chi connectivity index (χ2n) is 9.12. The number of nitrogens with one attached hydrogen (secondary N) is 2. The van der Waals surface area contributed by atoms with Crippen molar-refractivity contribution < 1.29 is 14.3 Å². The summed E-state index contributed by atoms with van der Waals surface area (Å²) < 4.78 is 6.23. The molecule has 1 spiro atoms. The van der Waals surface area contributed by atoms with E-state index in [4.69, 9.17) is 4.74 Å². The van der Waals surface area contributed by atoms with Crippen LogP contribution in [0.2, 0.25) is 0 Å². The number of rotatable bonds is 9. The average Bonchev–Trinajstić information content (AvgIpc) is 3.52. The summed E-state index contributed by atoms with van der Waals surface area (Å²) in [4.78, 5) is 31.5. The highest BCUT2D eigenvalue weighted by molar-refractivity contribution is 5.93. The lowest BCUT2D eigenvalue weighted by atomic mass is 9.77. The third-order valence-electron chi connectivity index (χ3n) is 7.14. The molecule has 0 aliphatic carbocycles. The highest BCUT2D eigenvalue weighted by Gasteiger charge is 2.66. The Morgan fingerprint density at radius 1 is 1.29 bits per heavy atom. The summed E-state index contributed by atoms with van der Waals surface area (Å²) in [5.74, 6) is -0.801. The summed E-state index contributed by atoms with van der Waals surface area (Å²) in [6, 6.07) is 8.22. The van der Waals surface area contributed by atoms with E-state index in [2.05, 4.69) is 29.4 Å². The molecule has 1 aromatic heterocycles. The maximum absolute atomic E-state index is 13.3. The normalized spacial score (nSPS) is 28.6. The Morgan fingerprint density at radius 2 is 2.16 bits per heavy atom. The van der Waals surface area contributed by atoms with Gasteiger partial charge in [0.05, 0.1) is 24.5 Å². The smallest absolute Gasteiger partial charge is 0.230 e. The number of amides is 2. The molecule has 1 aromatic carbocycles. The number of unbranched alkanes of at least 4 members (excludes halogenated alkanes) is 3. The van der Waals surface area contributed by atoms with Gasteiger partial charge in [0, 0.05) is 30.2 Å². The van der Waals surface area contributed by atoms with Crippen LogP contribution < -0.4 is 5.32 Å². The van der Waals surface area contributed by atoms with Crippen LogP contribution >= 0.6 is 0 Å². The van der Waals surface area contributed by atoms with Gasteiger partial charge in [-0.3, -0.25) is 9.59 Å². The third kappa shape index (κ3) is 3.47. The van der Waals surface area contributed by atoms with E-state index in [0.717, 1.165) is 24.8 Å². The van der Waals surface area contributed by atoms with Crippen molar-refractivity contribution in [1.82, 2.24) is 15.2 Å². The Bertz CT molecular complexity index is 1010. The van der Waals surface area contributed by atoms with E-state index >= 15 is 0 Å². The van der Waals surface area contributed by atoms with Crippen LogP contribution in [0, 0.1) is 11.8 Å². The zero-order valence-electron chi connectivity index (χ0n) is 18.1. The SMILES string of the molecule is CCCCCCNC(=O)C1C2C=C[C@]3(CN(CCc4c[nH]c5ccccc45)C(=O)C13)O2. The highest BCUT2D eigenvalue weighted by atomic mass is 16.5. The fraction of sp³-hybridized carbons (Fsp3) is 0.520. The van der Waals surface area contributed by atoms with Crippen molar-refractivity contribution in [3.05, 3.63) is 48.2 Å². The molecule has 4 atom stereocenters. The zero-order valence-corrected chi connectivity index (χ0v) is 18.1. The van der Waals surface area contributed by atoms with Gasteiger partial charge in [-0.05, 0) is 24.5 Å². The van der Waals surface area contributed by atoms with Crippen LogP contribution in [-0.2, 0) is 20.7 Å². The van der Waals surface area contributed by atoms with Gasteiger partial charge in [-0.2, -0.15) is 0 Å². The van der Waals surface area contributed by atoms with Gasteiger partial charge in [0.15, 0.2) is 0 Å². The van der Waals surface area contributed by atoms with Gasteiger partial charge in [-0.1, -0.05) is 56.5 Å². The number of aromatic amines is 1. The van der Waals surface area contributed by atoms with E-state index in [1.165, 1.54) is 23.8 Å². The number of benzene rings is 1. The summed E-state index contributed by atoms with van der Waals surface area (Å²) in [5.41, 5.74) is 1.69.